The molecule has 0 radical (unpaired) electrons. The minimum absolute atomic E-state index is 0.669. The number of pyridine rings is 1. The minimum atomic E-state index is 0.669. The maximum atomic E-state index is 4.64. The van der Waals surface area contributed by atoms with E-state index in [1.807, 2.05) is 36.7 Å². The van der Waals surface area contributed by atoms with Crippen LogP contribution < -0.4 is 0 Å². The molecule has 3 heterocycles. The number of thiophene rings is 1. The second-order valence-electron chi connectivity index (χ2n) is 5.42. The quantitative estimate of drug-likeness (QED) is 0.434. The first-order valence-electron chi connectivity index (χ1n) is 7.38. The Morgan fingerprint density at radius 2 is 1.61 bits per heavy atom. The van der Waals surface area contributed by atoms with Gasteiger partial charge in [0.15, 0.2) is 5.82 Å². The maximum Gasteiger partial charge on any atom is 0.178 e. The van der Waals surface area contributed by atoms with Crippen LogP contribution in [-0.4, -0.2) is 15.0 Å². The van der Waals surface area contributed by atoms with Gasteiger partial charge in [0.25, 0.3) is 0 Å². The fourth-order valence-corrected chi connectivity index (χ4v) is 3.95. The molecule has 0 aliphatic rings. The molecule has 0 unspecified atom stereocenters. The van der Waals surface area contributed by atoms with Crippen molar-refractivity contribution in [1.29, 1.82) is 0 Å². The predicted molar refractivity (Wildman–Crippen MR) is 95.7 cm³/mol. The first-order chi connectivity index (χ1) is 11.4. The highest BCUT2D eigenvalue weighted by Gasteiger charge is 2.09. The molecule has 0 bridgehead atoms. The van der Waals surface area contributed by atoms with E-state index < -0.39 is 0 Å². The molecule has 0 fully saturated rings. The van der Waals surface area contributed by atoms with Gasteiger partial charge < -0.3 is 0 Å². The van der Waals surface area contributed by atoms with Crippen LogP contribution in [0.1, 0.15) is 0 Å². The lowest BCUT2D eigenvalue weighted by atomic mass is 10.2. The summed E-state index contributed by atoms with van der Waals surface area (Å²) in [6.07, 6.45) is 3.79. The molecule has 23 heavy (non-hydrogen) atoms. The Balaban J connectivity index is 1.73. The first kappa shape index (κ1) is 12.7. The summed E-state index contributed by atoms with van der Waals surface area (Å²) in [5.74, 6) is 0.669. The highest BCUT2D eigenvalue weighted by Crippen LogP contribution is 2.34. The van der Waals surface area contributed by atoms with Crippen LogP contribution in [0.5, 0.6) is 0 Å². The van der Waals surface area contributed by atoms with Crippen LogP contribution in [0.15, 0.2) is 67.0 Å². The third-order valence-corrected chi connectivity index (χ3v) is 5.11. The van der Waals surface area contributed by atoms with Crippen molar-refractivity contribution in [2.75, 3.05) is 0 Å². The molecular weight excluding hydrogens is 302 g/mol. The number of rotatable bonds is 1. The molecule has 3 nitrogen and oxygen atoms in total. The molecule has 0 spiro atoms. The molecule has 5 aromatic rings. The molecule has 0 saturated heterocycles. The Bertz CT molecular complexity index is 1180. The second kappa shape index (κ2) is 4.83. The molecule has 0 aliphatic carbocycles. The fourth-order valence-electron chi connectivity index (χ4n) is 2.84. The molecule has 0 aliphatic heterocycles. The molecule has 5 rings (SSSR count). The van der Waals surface area contributed by atoms with Crippen molar-refractivity contribution < 1.29 is 0 Å². The lowest BCUT2D eigenvalue weighted by molar-refractivity contribution is 1.18. The van der Waals surface area contributed by atoms with Gasteiger partial charge in [0.2, 0.25) is 0 Å². The largest absolute Gasteiger partial charge is 0.252 e. The summed E-state index contributed by atoms with van der Waals surface area (Å²) in [7, 11) is 0. The number of aromatic nitrogens is 3. The SMILES string of the molecule is c1ccc2nc(-c3cc4sc5ccccc5c4cn3)ncc2c1. The van der Waals surface area contributed by atoms with Crippen molar-refractivity contribution >= 4 is 42.4 Å². The van der Waals surface area contributed by atoms with Crippen LogP contribution >= 0.6 is 11.3 Å². The second-order valence-corrected chi connectivity index (χ2v) is 6.50. The highest BCUT2D eigenvalue weighted by molar-refractivity contribution is 7.25. The monoisotopic (exact) mass is 313 g/mol. The fraction of sp³-hybridized carbons (Fsp3) is 0. The summed E-state index contributed by atoms with van der Waals surface area (Å²) >= 11 is 1.78. The summed E-state index contributed by atoms with van der Waals surface area (Å²) in [6, 6.07) is 18.5. The van der Waals surface area contributed by atoms with Crippen LogP contribution in [0.4, 0.5) is 0 Å². The minimum Gasteiger partial charge on any atom is -0.252 e. The van der Waals surface area contributed by atoms with Gasteiger partial charge in [0.1, 0.15) is 5.69 Å². The summed E-state index contributed by atoms with van der Waals surface area (Å²) in [6.45, 7) is 0. The Labute approximate surface area is 136 Å². The Hall–Kier alpha value is -2.85. The average molecular weight is 313 g/mol. The standard InChI is InChI=1S/C19H11N3S/c1-3-7-15-12(5-1)10-21-19(22-15)16-9-18-14(11-20-16)13-6-2-4-8-17(13)23-18/h1-11H. The van der Waals surface area contributed by atoms with Crippen molar-refractivity contribution in [3.8, 4) is 11.5 Å². The van der Waals surface area contributed by atoms with Crippen LogP contribution in [0.2, 0.25) is 0 Å². The van der Waals surface area contributed by atoms with Crippen molar-refractivity contribution in [3.05, 3.63) is 67.0 Å². The number of hydrogen-bond acceptors (Lipinski definition) is 4. The van der Waals surface area contributed by atoms with Crippen LogP contribution in [-0.2, 0) is 0 Å². The Morgan fingerprint density at radius 3 is 2.61 bits per heavy atom. The van der Waals surface area contributed by atoms with Gasteiger partial charge in [0.05, 0.1) is 5.52 Å². The summed E-state index contributed by atoms with van der Waals surface area (Å²) < 4.78 is 2.49. The molecule has 2 aromatic carbocycles. The summed E-state index contributed by atoms with van der Waals surface area (Å²) in [4.78, 5) is 13.7. The Morgan fingerprint density at radius 1 is 0.739 bits per heavy atom. The topological polar surface area (TPSA) is 38.7 Å². The number of nitrogens with zero attached hydrogens (tertiary/aromatic N) is 3. The number of para-hydroxylation sites is 1. The molecule has 3 aromatic heterocycles. The molecule has 0 amide bonds. The van der Waals surface area contributed by atoms with E-state index in [1.54, 1.807) is 11.3 Å². The van der Waals surface area contributed by atoms with E-state index in [4.69, 9.17) is 0 Å². The van der Waals surface area contributed by atoms with E-state index in [2.05, 4.69) is 45.3 Å². The molecule has 0 saturated carbocycles. The lowest BCUT2D eigenvalue weighted by Gasteiger charge is -2.01. The van der Waals surface area contributed by atoms with E-state index in [0.29, 0.717) is 5.82 Å². The van der Waals surface area contributed by atoms with Gasteiger partial charge in [-0.2, -0.15) is 0 Å². The van der Waals surface area contributed by atoms with E-state index >= 15 is 0 Å². The van der Waals surface area contributed by atoms with E-state index in [0.717, 1.165) is 16.6 Å². The van der Waals surface area contributed by atoms with Crippen molar-refractivity contribution in [2.45, 2.75) is 0 Å². The molecule has 0 atom stereocenters. The third kappa shape index (κ3) is 1.99. The van der Waals surface area contributed by atoms with Gasteiger partial charge in [-0.25, -0.2) is 9.97 Å². The predicted octanol–water partition coefficient (Wildman–Crippen LogP) is 5.06. The normalized spacial score (nSPS) is 11.5. The van der Waals surface area contributed by atoms with E-state index in [-0.39, 0.29) is 0 Å². The van der Waals surface area contributed by atoms with Gasteiger partial charge in [-0.3, -0.25) is 4.98 Å². The van der Waals surface area contributed by atoms with Crippen LogP contribution in [0, 0.1) is 0 Å². The van der Waals surface area contributed by atoms with Gasteiger partial charge in [-0.1, -0.05) is 36.4 Å². The van der Waals surface area contributed by atoms with Crippen molar-refractivity contribution in [2.24, 2.45) is 0 Å². The van der Waals surface area contributed by atoms with Gasteiger partial charge in [-0.05, 0) is 18.2 Å². The molecular formula is C19H11N3S. The number of benzene rings is 2. The Kier molecular flexibility index (Phi) is 2.66. The number of hydrogen-bond donors (Lipinski definition) is 0. The van der Waals surface area contributed by atoms with Crippen LogP contribution in [0.3, 0.4) is 0 Å². The lowest BCUT2D eigenvalue weighted by Crippen LogP contribution is -1.91. The van der Waals surface area contributed by atoms with E-state index in [9.17, 15) is 0 Å². The van der Waals surface area contributed by atoms with Gasteiger partial charge in [-0.15, -0.1) is 11.3 Å². The summed E-state index contributed by atoms with van der Waals surface area (Å²) in [5, 5.41) is 3.49. The van der Waals surface area contributed by atoms with Crippen LogP contribution in [0.25, 0.3) is 42.6 Å². The van der Waals surface area contributed by atoms with Gasteiger partial charge in [0, 0.05) is 38.0 Å². The average Bonchev–Trinajstić information content (AvgIpc) is 2.99. The highest BCUT2D eigenvalue weighted by atomic mass is 32.1. The van der Waals surface area contributed by atoms with E-state index in [1.165, 1.54) is 20.2 Å². The number of fused-ring (bicyclic) bond motifs is 4. The smallest absolute Gasteiger partial charge is 0.178 e. The zero-order valence-electron chi connectivity index (χ0n) is 12.1. The summed E-state index contributed by atoms with van der Waals surface area (Å²) in [5.41, 5.74) is 1.76. The van der Waals surface area contributed by atoms with Gasteiger partial charge >= 0.3 is 0 Å². The molecule has 108 valence electrons. The molecule has 0 N–H and O–H groups in total. The van der Waals surface area contributed by atoms with Crippen molar-refractivity contribution in [3.63, 3.8) is 0 Å². The van der Waals surface area contributed by atoms with Crippen molar-refractivity contribution in [1.82, 2.24) is 15.0 Å². The molecule has 4 heteroatoms. The zero-order valence-corrected chi connectivity index (χ0v) is 12.9. The first-order valence-corrected chi connectivity index (χ1v) is 8.19. The zero-order chi connectivity index (χ0) is 15.2. The maximum absolute atomic E-state index is 4.64. The third-order valence-electron chi connectivity index (χ3n) is 3.98.